The number of aryl methyl sites for hydroxylation is 1. The van der Waals surface area contributed by atoms with Crippen LogP contribution in [0.25, 0.3) is 0 Å². The molecule has 2 heterocycles. The van der Waals surface area contributed by atoms with E-state index in [-0.39, 0.29) is 29.3 Å². The summed E-state index contributed by atoms with van der Waals surface area (Å²) in [5, 5.41) is 13.1. The first kappa shape index (κ1) is 30.5. The minimum atomic E-state index is -1.49. The first-order chi connectivity index (χ1) is 18.8. The number of esters is 4. The molecule has 216 valence electrons. The maximum atomic E-state index is 12.7. The number of benzene rings is 1. The quantitative estimate of drug-likeness (QED) is 0.246. The molecule has 0 spiro atoms. The van der Waals surface area contributed by atoms with E-state index in [0.717, 1.165) is 38.8 Å². The number of carbonyl (C=O) groups is 5. The van der Waals surface area contributed by atoms with Crippen molar-refractivity contribution >= 4 is 41.0 Å². The van der Waals surface area contributed by atoms with Crippen LogP contribution in [0, 0.1) is 6.92 Å². The molecule has 0 aliphatic carbocycles. The maximum absolute atomic E-state index is 12.7. The average Bonchev–Trinajstić information content (AvgIpc) is 3.25. The highest BCUT2D eigenvalue weighted by molar-refractivity contribution is 7.09. The van der Waals surface area contributed by atoms with Gasteiger partial charge in [-0.3, -0.25) is 24.0 Å². The highest BCUT2D eigenvalue weighted by Crippen LogP contribution is 2.33. The van der Waals surface area contributed by atoms with Gasteiger partial charge in [-0.05, 0) is 19.1 Å². The molecule has 5 atom stereocenters. The molecule has 1 aromatic carbocycles. The van der Waals surface area contributed by atoms with E-state index < -0.39 is 61.2 Å². The second kappa shape index (κ2) is 13.3. The van der Waals surface area contributed by atoms with E-state index in [1.54, 1.807) is 5.38 Å². The van der Waals surface area contributed by atoms with Crippen LogP contribution in [0.2, 0.25) is 0 Å². The van der Waals surface area contributed by atoms with E-state index in [1.165, 1.54) is 23.5 Å². The third kappa shape index (κ3) is 8.23. The van der Waals surface area contributed by atoms with Gasteiger partial charge in [-0.2, -0.15) is 0 Å². The first-order valence-corrected chi connectivity index (χ1v) is 13.0. The third-order valence-electron chi connectivity index (χ3n) is 5.48. The zero-order valence-corrected chi connectivity index (χ0v) is 23.2. The molecule has 0 saturated carbocycles. The van der Waals surface area contributed by atoms with Crippen LogP contribution < -0.4 is 4.74 Å². The minimum Gasteiger partial charge on any atom is -0.507 e. The van der Waals surface area contributed by atoms with Crippen LogP contribution in [0.5, 0.6) is 11.5 Å². The molecule has 0 radical (unpaired) electrons. The monoisotopic (exact) mass is 579 g/mol. The van der Waals surface area contributed by atoms with Crippen molar-refractivity contribution in [3.05, 3.63) is 39.8 Å². The van der Waals surface area contributed by atoms with Gasteiger partial charge < -0.3 is 33.5 Å². The molecule has 14 heteroatoms. The Hall–Kier alpha value is -4.04. The van der Waals surface area contributed by atoms with Gasteiger partial charge in [-0.25, -0.2) is 4.98 Å². The summed E-state index contributed by atoms with van der Waals surface area (Å²) in [5.74, 6) is -3.77. The Morgan fingerprint density at radius 1 is 0.925 bits per heavy atom. The lowest BCUT2D eigenvalue weighted by Gasteiger charge is -2.43. The standard InChI is InChI=1S/C26H29NO12S/c1-12-27-17(11-40-12)8-20(32)19-7-6-18(9-21(19)33)38-26-25(37-16(5)31)24(36-15(4)30)23(35-14(3)29)22(39-26)10-34-13(2)28/h6-7,9,11,22-26,33H,8,10H2,1-5H3/t22-,23-,24-,25+,26-/m0/s1. The number of carbonyl (C=O) groups excluding carboxylic acids is 5. The summed E-state index contributed by atoms with van der Waals surface area (Å²) >= 11 is 1.40. The molecular formula is C26H29NO12S. The molecule has 1 aliphatic heterocycles. The smallest absolute Gasteiger partial charge is 0.303 e. The molecule has 13 nitrogen and oxygen atoms in total. The molecule has 40 heavy (non-hydrogen) atoms. The van der Waals surface area contributed by atoms with Crippen LogP contribution in [-0.2, 0) is 49.3 Å². The largest absolute Gasteiger partial charge is 0.507 e. The second-order valence-corrected chi connectivity index (χ2v) is 9.88. The fourth-order valence-corrected chi connectivity index (χ4v) is 4.60. The number of nitrogens with zero attached hydrogens (tertiary/aromatic N) is 1. The molecule has 0 unspecified atom stereocenters. The predicted molar refractivity (Wildman–Crippen MR) is 136 cm³/mol. The number of hydrogen-bond donors (Lipinski definition) is 1. The van der Waals surface area contributed by atoms with Crippen molar-refractivity contribution in [3.8, 4) is 11.5 Å². The zero-order chi connectivity index (χ0) is 29.6. The number of Topliss-reactive ketones (excluding diaryl/α,β-unsaturated/α-hetero) is 1. The van der Waals surface area contributed by atoms with Crippen LogP contribution in [0.15, 0.2) is 23.6 Å². The van der Waals surface area contributed by atoms with Crippen LogP contribution >= 0.6 is 11.3 Å². The normalized spacial score (nSPS) is 22.1. The predicted octanol–water partition coefficient (Wildman–Crippen LogP) is 2.04. The molecule has 1 aromatic heterocycles. The molecule has 2 aromatic rings. The summed E-state index contributed by atoms with van der Waals surface area (Å²) in [7, 11) is 0. The van der Waals surface area contributed by atoms with Gasteiger partial charge in [0, 0.05) is 39.1 Å². The summed E-state index contributed by atoms with van der Waals surface area (Å²) in [5.41, 5.74) is 0.601. The molecule has 1 N–H and O–H groups in total. The fourth-order valence-electron chi connectivity index (χ4n) is 3.99. The molecule has 1 aliphatic rings. The van der Waals surface area contributed by atoms with Gasteiger partial charge in [-0.15, -0.1) is 11.3 Å². The van der Waals surface area contributed by atoms with Gasteiger partial charge in [0.15, 0.2) is 18.0 Å². The number of aromatic hydroxyl groups is 1. The van der Waals surface area contributed by atoms with Gasteiger partial charge in [0.1, 0.15) is 24.2 Å². The number of rotatable bonds is 10. The minimum absolute atomic E-state index is 0.000507. The van der Waals surface area contributed by atoms with Crippen molar-refractivity contribution in [2.45, 2.75) is 71.7 Å². The molecule has 0 amide bonds. The van der Waals surface area contributed by atoms with E-state index in [2.05, 4.69) is 4.98 Å². The van der Waals surface area contributed by atoms with Crippen molar-refractivity contribution in [1.82, 2.24) is 4.98 Å². The van der Waals surface area contributed by atoms with E-state index in [9.17, 15) is 29.1 Å². The number of aromatic nitrogens is 1. The number of thiazole rings is 1. The SMILES string of the molecule is CC(=O)OC[C@@H]1O[C@H](Oc2ccc(C(=O)Cc3csc(C)n3)c(O)c2)[C@H](OC(C)=O)[C@@H](OC(C)=O)[C@H]1OC(C)=O. The van der Waals surface area contributed by atoms with Gasteiger partial charge in [0.25, 0.3) is 0 Å². The van der Waals surface area contributed by atoms with Gasteiger partial charge >= 0.3 is 23.9 Å². The topological polar surface area (TPSA) is 174 Å². The van der Waals surface area contributed by atoms with E-state index in [4.69, 9.17) is 28.4 Å². The molecule has 1 saturated heterocycles. The Bertz CT molecular complexity index is 1270. The van der Waals surface area contributed by atoms with Gasteiger partial charge in [0.2, 0.25) is 12.4 Å². The average molecular weight is 580 g/mol. The van der Waals surface area contributed by atoms with Crippen LogP contribution in [0.3, 0.4) is 0 Å². The van der Waals surface area contributed by atoms with Crippen molar-refractivity contribution in [3.63, 3.8) is 0 Å². The van der Waals surface area contributed by atoms with Crippen molar-refractivity contribution in [2.75, 3.05) is 6.61 Å². The van der Waals surface area contributed by atoms with Crippen LogP contribution in [-0.4, -0.2) is 77.1 Å². The van der Waals surface area contributed by atoms with E-state index in [1.807, 2.05) is 6.92 Å². The fraction of sp³-hybridized carbons (Fsp3) is 0.462. The zero-order valence-electron chi connectivity index (χ0n) is 22.4. The molecule has 3 rings (SSSR count). The third-order valence-corrected chi connectivity index (χ3v) is 6.30. The molecule has 1 fully saturated rings. The Morgan fingerprint density at radius 2 is 1.55 bits per heavy atom. The lowest BCUT2D eigenvalue weighted by Crippen LogP contribution is -2.63. The lowest BCUT2D eigenvalue weighted by molar-refractivity contribution is -0.288. The Kier molecular flexibility index (Phi) is 10.2. The number of ether oxygens (including phenoxy) is 6. The highest BCUT2D eigenvalue weighted by Gasteiger charge is 2.53. The second-order valence-electron chi connectivity index (χ2n) is 8.82. The molecular weight excluding hydrogens is 550 g/mol. The van der Waals surface area contributed by atoms with Crippen molar-refractivity contribution < 1.29 is 57.5 Å². The van der Waals surface area contributed by atoms with E-state index in [0.29, 0.717) is 5.69 Å². The maximum Gasteiger partial charge on any atom is 0.303 e. The number of phenolic OH excluding ortho intramolecular Hbond substituents is 1. The van der Waals surface area contributed by atoms with Crippen molar-refractivity contribution in [2.24, 2.45) is 0 Å². The Labute approximate surface area is 233 Å². The van der Waals surface area contributed by atoms with Gasteiger partial charge in [-0.1, -0.05) is 0 Å². The number of ketones is 1. The van der Waals surface area contributed by atoms with Crippen LogP contribution in [0.4, 0.5) is 0 Å². The summed E-state index contributed by atoms with van der Waals surface area (Å²) in [6, 6.07) is 3.89. The Balaban J connectivity index is 1.91. The Morgan fingerprint density at radius 3 is 2.10 bits per heavy atom. The summed E-state index contributed by atoms with van der Waals surface area (Å²) < 4.78 is 32.8. The highest BCUT2D eigenvalue weighted by atomic mass is 32.1. The summed E-state index contributed by atoms with van der Waals surface area (Å²) in [4.78, 5) is 64.2. The first-order valence-electron chi connectivity index (χ1n) is 12.1. The summed E-state index contributed by atoms with van der Waals surface area (Å²) in [6.07, 6.45) is -6.91. The van der Waals surface area contributed by atoms with Crippen LogP contribution in [0.1, 0.15) is 48.8 Å². The van der Waals surface area contributed by atoms with E-state index >= 15 is 0 Å². The van der Waals surface area contributed by atoms with Gasteiger partial charge in [0.05, 0.1) is 22.7 Å². The molecule has 0 bridgehead atoms. The summed E-state index contributed by atoms with van der Waals surface area (Å²) in [6.45, 7) is 5.86. The number of hydrogen-bond acceptors (Lipinski definition) is 14. The van der Waals surface area contributed by atoms with Crippen molar-refractivity contribution in [1.29, 1.82) is 0 Å². The number of phenols is 1. The lowest BCUT2D eigenvalue weighted by atomic mass is 9.98.